The molecule has 2 N–H and O–H groups in total. The number of aromatic nitrogens is 3. The van der Waals surface area contributed by atoms with Crippen molar-refractivity contribution < 1.29 is 14.3 Å². The molecule has 0 bridgehead atoms. The van der Waals surface area contributed by atoms with E-state index in [1.165, 1.54) is 10.7 Å². The Morgan fingerprint density at radius 3 is 2.64 bits per heavy atom. The monoisotopic (exact) mass is 306 g/mol. The number of hydrogen-bond acceptors (Lipinski definition) is 4. The molecule has 1 atom stereocenters. The van der Waals surface area contributed by atoms with Gasteiger partial charge in [0.05, 0.1) is 6.10 Å². The Labute approximate surface area is 128 Å². The van der Waals surface area contributed by atoms with Crippen LogP contribution in [0.1, 0.15) is 43.1 Å². The Morgan fingerprint density at radius 2 is 2.05 bits per heavy atom. The van der Waals surface area contributed by atoms with Crippen LogP contribution >= 0.6 is 0 Å². The smallest absolute Gasteiger partial charge is 0.291 e. The average molecular weight is 306 g/mol. The number of amides is 1. The molecule has 0 saturated carbocycles. The second-order valence-electron chi connectivity index (χ2n) is 5.37. The first kappa shape index (κ1) is 16.1. The third-order valence-corrected chi connectivity index (χ3v) is 2.99. The number of carbonyl (C=O) groups is 1. The van der Waals surface area contributed by atoms with Crippen LogP contribution in [0.15, 0.2) is 24.3 Å². The fraction of sp³-hybridized carbons (Fsp3) is 0.400. The quantitative estimate of drug-likeness (QED) is 0.880. The molecule has 6 nitrogen and oxygen atoms in total. The fourth-order valence-electron chi connectivity index (χ4n) is 1.91. The Morgan fingerprint density at radius 1 is 1.36 bits per heavy atom. The number of nitrogens with zero attached hydrogens (tertiary/aromatic N) is 3. The highest BCUT2D eigenvalue weighted by atomic mass is 19.1. The Kier molecular flexibility index (Phi) is 4.87. The highest BCUT2D eigenvalue weighted by Gasteiger charge is 2.20. The van der Waals surface area contributed by atoms with Gasteiger partial charge in [-0.3, -0.25) is 4.79 Å². The van der Waals surface area contributed by atoms with Crippen LogP contribution in [-0.2, 0) is 0 Å². The Hall–Kier alpha value is -2.28. The third-order valence-electron chi connectivity index (χ3n) is 2.99. The SMILES string of the molecule is CC(O)CNC(=O)c1nc(C(C)C)n(-c2ccccc2F)n1. The number of aliphatic hydroxyl groups excluding tert-OH is 1. The predicted molar refractivity (Wildman–Crippen MR) is 79.4 cm³/mol. The lowest BCUT2D eigenvalue weighted by molar-refractivity contribution is 0.0913. The highest BCUT2D eigenvalue weighted by Crippen LogP contribution is 2.19. The van der Waals surface area contributed by atoms with Crippen molar-refractivity contribution in [2.75, 3.05) is 6.54 Å². The molecule has 2 aromatic rings. The zero-order valence-electron chi connectivity index (χ0n) is 12.7. The Bertz CT molecular complexity index is 667. The molecule has 0 radical (unpaired) electrons. The largest absolute Gasteiger partial charge is 0.392 e. The number of carbonyl (C=O) groups excluding carboxylic acids is 1. The molecule has 22 heavy (non-hydrogen) atoms. The molecule has 0 saturated heterocycles. The van der Waals surface area contributed by atoms with Crippen molar-refractivity contribution in [1.29, 1.82) is 0 Å². The summed E-state index contributed by atoms with van der Waals surface area (Å²) < 4.78 is 15.3. The van der Waals surface area contributed by atoms with Gasteiger partial charge in [0.25, 0.3) is 5.91 Å². The molecule has 0 fully saturated rings. The number of hydrogen-bond donors (Lipinski definition) is 2. The van der Waals surface area contributed by atoms with Crippen molar-refractivity contribution in [3.63, 3.8) is 0 Å². The number of aliphatic hydroxyl groups is 1. The number of halogens is 1. The van der Waals surface area contributed by atoms with Gasteiger partial charge >= 0.3 is 0 Å². The first-order valence-electron chi connectivity index (χ1n) is 7.08. The zero-order chi connectivity index (χ0) is 16.3. The maximum Gasteiger partial charge on any atom is 0.291 e. The summed E-state index contributed by atoms with van der Waals surface area (Å²) in [5.74, 6) is -0.534. The molecule has 7 heteroatoms. The minimum atomic E-state index is -0.665. The van der Waals surface area contributed by atoms with Gasteiger partial charge < -0.3 is 10.4 Å². The lowest BCUT2D eigenvalue weighted by Gasteiger charge is -2.08. The van der Waals surface area contributed by atoms with Crippen LogP contribution in [-0.4, -0.2) is 38.4 Å². The molecule has 118 valence electrons. The molecule has 1 unspecified atom stereocenters. The average Bonchev–Trinajstić information content (AvgIpc) is 2.90. The molecular weight excluding hydrogens is 287 g/mol. The summed E-state index contributed by atoms with van der Waals surface area (Å²) in [5, 5.41) is 15.8. The minimum absolute atomic E-state index is 0.0366. The predicted octanol–water partition coefficient (Wildman–Crippen LogP) is 1.64. The lowest BCUT2D eigenvalue weighted by atomic mass is 10.2. The molecular formula is C15H19FN4O2. The van der Waals surface area contributed by atoms with E-state index in [9.17, 15) is 14.3 Å². The van der Waals surface area contributed by atoms with Gasteiger partial charge in [-0.15, -0.1) is 5.10 Å². The number of rotatable bonds is 5. The first-order valence-corrected chi connectivity index (χ1v) is 7.08. The van der Waals surface area contributed by atoms with Crippen LogP contribution < -0.4 is 5.32 Å². The van der Waals surface area contributed by atoms with E-state index in [1.54, 1.807) is 25.1 Å². The maximum absolute atomic E-state index is 14.0. The summed E-state index contributed by atoms with van der Waals surface area (Å²) >= 11 is 0. The lowest BCUT2D eigenvalue weighted by Crippen LogP contribution is -2.31. The number of para-hydroxylation sites is 1. The Balaban J connectivity index is 2.38. The van der Waals surface area contributed by atoms with Crippen LogP contribution in [0.25, 0.3) is 5.69 Å². The fourth-order valence-corrected chi connectivity index (χ4v) is 1.91. The van der Waals surface area contributed by atoms with Gasteiger partial charge in [0, 0.05) is 12.5 Å². The van der Waals surface area contributed by atoms with E-state index in [4.69, 9.17) is 0 Å². The van der Waals surface area contributed by atoms with E-state index in [0.29, 0.717) is 5.82 Å². The molecule has 0 aliphatic carbocycles. The molecule has 1 amide bonds. The van der Waals surface area contributed by atoms with Crippen molar-refractivity contribution in [2.24, 2.45) is 0 Å². The van der Waals surface area contributed by atoms with Gasteiger partial charge in [-0.05, 0) is 19.1 Å². The van der Waals surface area contributed by atoms with E-state index in [0.717, 1.165) is 0 Å². The second kappa shape index (κ2) is 6.65. The molecule has 1 aromatic heterocycles. The van der Waals surface area contributed by atoms with Crippen LogP contribution in [0.5, 0.6) is 0 Å². The summed E-state index contributed by atoms with van der Waals surface area (Å²) in [7, 11) is 0. The van der Waals surface area contributed by atoms with E-state index in [-0.39, 0.29) is 24.0 Å². The second-order valence-corrected chi connectivity index (χ2v) is 5.37. The van der Waals surface area contributed by atoms with Gasteiger partial charge in [0.15, 0.2) is 0 Å². The molecule has 1 heterocycles. The van der Waals surface area contributed by atoms with Crippen molar-refractivity contribution in [2.45, 2.75) is 32.8 Å². The van der Waals surface area contributed by atoms with Crippen molar-refractivity contribution >= 4 is 5.91 Å². The molecule has 0 spiro atoms. The van der Waals surface area contributed by atoms with Gasteiger partial charge in [-0.1, -0.05) is 26.0 Å². The van der Waals surface area contributed by atoms with Gasteiger partial charge in [0.2, 0.25) is 5.82 Å². The van der Waals surface area contributed by atoms with Crippen molar-refractivity contribution in [3.05, 3.63) is 41.7 Å². The number of nitrogens with one attached hydrogen (secondary N) is 1. The standard InChI is InChI=1S/C15H19FN4O2/c1-9(2)14-18-13(15(22)17-8-10(3)21)19-20(14)12-7-5-4-6-11(12)16/h4-7,9-10,21H,8H2,1-3H3,(H,17,22). The van der Waals surface area contributed by atoms with E-state index < -0.39 is 17.8 Å². The number of benzene rings is 1. The van der Waals surface area contributed by atoms with Gasteiger partial charge in [-0.2, -0.15) is 0 Å². The van der Waals surface area contributed by atoms with Gasteiger partial charge in [-0.25, -0.2) is 14.1 Å². The zero-order valence-corrected chi connectivity index (χ0v) is 12.7. The molecule has 1 aromatic carbocycles. The molecule has 2 rings (SSSR count). The maximum atomic E-state index is 14.0. The van der Waals surface area contributed by atoms with Crippen molar-refractivity contribution in [1.82, 2.24) is 20.1 Å². The van der Waals surface area contributed by atoms with E-state index in [2.05, 4.69) is 15.4 Å². The summed E-state index contributed by atoms with van der Waals surface area (Å²) in [4.78, 5) is 16.2. The highest BCUT2D eigenvalue weighted by molar-refractivity contribution is 5.90. The minimum Gasteiger partial charge on any atom is -0.392 e. The van der Waals surface area contributed by atoms with Gasteiger partial charge in [0.1, 0.15) is 17.3 Å². The normalized spacial score (nSPS) is 12.5. The summed E-state index contributed by atoms with van der Waals surface area (Å²) in [6, 6.07) is 6.18. The summed E-state index contributed by atoms with van der Waals surface area (Å²) in [6.45, 7) is 5.44. The van der Waals surface area contributed by atoms with Crippen molar-refractivity contribution in [3.8, 4) is 5.69 Å². The third kappa shape index (κ3) is 3.48. The van der Waals surface area contributed by atoms with Crippen LogP contribution in [0, 0.1) is 5.82 Å². The van der Waals surface area contributed by atoms with E-state index >= 15 is 0 Å². The van der Waals surface area contributed by atoms with Crippen LogP contribution in [0.3, 0.4) is 0 Å². The molecule has 0 aliphatic heterocycles. The topological polar surface area (TPSA) is 80.0 Å². The first-order chi connectivity index (χ1) is 10.4. The van der Waals surface area contributed by atoms with E-state index in [1.807, 2.05) is 13.8 Å². The molecule has 0 aliphatic rings. The summed E-state index contributed by atoms with van der Waals surface area (Å²) in [6.07, 6.45) is -0.665. The summed E-state index contributed by atoms with van der Waals surface area (Å²) in [5.41, 5.74) is 0.244. The van der Waals surface area contributed by atoms with Crippen LogP contribution in [0.2, 0.25) is 0 Å². The van der Waals surface area contributed by atoms with Crippen LogP contribution in [0.4, 0.5) is 4.39 Å².